The predicted octanol–water partition coefficient (Wildman–Crippen LogP) is 2.14. The van der Waals surface area contributed by atoms with E-state index < -0.39 is 0 Å². The highest BCUT2D eigenvalue weighted by atomic mass is 15.2. The lowest BCUT2D eigenvalue weighted by Crippen LogP contribution is -2.39. The summed E-state index contributed by atoms with van der Waals surface area (Å²) in [6, 6.07) is 1.87. The van der Waals surface area contributed by atoms with Gasteiger partial charge in [0.1, 0.15) is 5.82 Å². The molecule has 1 unspecified atom stereocenters. The second kappa shape index (κ2) is 4.50. The molecule has 1 saturated heterocycles. The first-order valence-electron chi connectivity index (χ1n) is 6.06. The summed E-state index contributed by atoms with van der Waals surface area (Å²) in [6.45, 7) is 9.25. The van der Waals surface area contributed by atoms with Gasteiger partial charge in [0, 0.05) is 30.9 Å². The third-order valence-electron chi connectivity index (χ3n) is 3.33. The number of nitrogens with zero attached hydrogens (tertiary/aromatic N) is 3. The molecule has 3 nitrogen and oxygen atoms in total. The minimum atomic E-state index is 0.298. The number of likely N-dealkylation sites (tertiary alicyclic amines) is 1. The van der Waals surface area contributed by atoms with E-state index in [2.05, 4.69) is 35.6 Å². The van der Waals surface area contributed by atoms with Crippen molar-refractivity contribution in [3.63, 3.8) is 0 Å². The number of aromatic nitrogens is 2. The van der Waals surface area contributed by atoms with E-state index in [-0.39, 0.29) is 0 Å². The molecule has 0 aliphatic carbocycles. The van der Waals surface area contributed by atoms with E-state index in [4.69, 9.17) is 0 Å². The summed E-state index contributed by atoms with van der Waals surface area (Å²) < 4.78 is 0. The van der Waals surface area contributed by atoms with Crippen molar-refractivity contribution in [1.29, 1.82) is 0 Å². The van der Waals surface area contributed by atoms with Crippen LogP contribution < -0.4 is 0 Å². The van der Waals surface area contributed by atoms with E-state index in [0.29, 0.717) is 5.54 Å². The Balaban J connectivity index is 1.91. The fourth-order valence-corrected chi connectivity index (χ4v) is 2.30. The van der Waals surface area contributed by atoms with Crippen molar-refractivity contribution < 1.29 is 0 Å². The van der Waals surface area contributed by atoms with E-state index in [1.165, 1.54) is 19.5 Å². The molecule has 16 heavy (non-hydrogen) atoms. The van der Waals surface area contributed by atoms with Crippen LogP contribution in [-0.2, 0) is 6.42 Å². The largest absolute Gasteiger partial charge is 0.298 e. The van der Waals surface area contributed by atoms with Crippen molar-refractivity contribution in [3.8, 4) is 0 Å². The summed E-state index contributed by atoms with van der Waals surface area (Å²) >= 11 is 0. The quantitative estimate of drug-likeness (QED) is 0.763. The molecule has 2 heterocycles. The van der Waals surface area contributed by atoms with Crippen molar-refractivity contribution in [2.24, 2.45) is 5.92 Å². The Morgan fingerprint density at radius 3 is 2.56 bits per heavy atom. The molecule has 1 aliphatic rings. The monoisotopic (exact) mass is 219 g/mol. The third kappa shape index (κ3) is 2.79. The van der Waals surface area contributed by atoms with Crippen molar-refractivity contribution >= 4 is 0 Å². The standard InChI is InChI=1S/C13H21N3/c1-13(2,3)16-8-5-11(10-16)9-12-14-6-4-7-15-12/h4,6-7,11H,5,8-10H2,1-3H3. The molecular formula is C13H21N3. The Kier molecular flexibility index (Phi) is 3.24. The second-order valence-corrected chi connectivity index (χ2v) is 5.64. The van der Waals surface area contributed by atoms with Gasteiger partial charge in [-0.15, -0.1) is 0 Å². The second-order valence-electron chi connectivity index (χ2n) is 5.64. The van der Waals surface area contributed by atoms with Crippen LogP contribution in [0.1, 0.15) is 33.0 Å². The average Bonchev–Trinajstić information content (AvgIpc) is 2.67. The highest BCUT2D eigenvalue weighted by Crippen LogP contribution is 2.25. The van der Waals surface area contributed by atoms with Gasteiger partial charge in [0.15, 0.2) is 0 Å². The van der Waals surface area contributed by atoms with Gasteiger partial charge >= 0.3 is 0 Å². The maximum Gasteiger partial charge on any atom is 0.128 e. The average molecular weight is 219 g/mol. The summed E-state index contributed by atoms with van der Waals surface area (Å²) in [5.41, 5.74) is 0.298. The molecule has 1 aromatic heterocycles. The molecule has 1 aliphatic heterocycles. The number of rotatable bonds is 2. The Labute approximate surface area is 97.9 Å². The van der Waals surface area contributed by atoms with E-state index in [0.717, 1.165) is 18.2 Å². The van der Waals surface area contributed by atoms with Crippen molar-refractivity contribution in [1.82, 2.24) is 14.9 Å². The molecular weight excluding hydrogens is 198 g/mol. The van der Waals surface area contributed by atoms with Crippen LogP contribution in [-0.4, -0.2) is 33.5 Å². The molecule has 0 aromatic carbocycles. The van der Waals surface area contributed by atoms with Crippen molar-refractivity contribution in [3.05, 3.63) is 24.3 Å². The number of hydrogen-bond acceptors (Lipinski definition) is 3. The van der Waals surface area contributed by atoms with Crippen LogP contribution in [0.15, 0.2) is 18.5 Å². The van der Waals surface area contributed by atoms with Gasteiger partial charge in [-0.3, -0.25) is 4.90 Å². The van der Waals surface area contributed by atoms with Crippen LogP contribution in [0, 0.1) is 5.92 Å². The Morgan fingerprint density at radius 1 is 1.31 bits per heavy atom. The zero-order valence-electron chi connectivity index (χ0n) is 10.5. The zero-order valence-corrected chi connectivity index (χ0v) is 10.5. The molecule has 0 N–H and O–H groups in total. The van der Waals surface area contributed by atoms with Gasteiger partial charge in [-0.05, 0) is 45.7 Å². The van der Waals surface area contributed by atoms with Gasteiger partial charge < -0.3 is 0 Å². The molecule has 1 fully saturated rings. The van der Waals surface area contributed by atoms with Gasteiger partial charge in [0.25, 0.3) is 0 Å². The first-order valence-corrected chi connectivity index (χ1v) is 6.06. The summed E-state index contributed by atoms with van der Waals surface area (Å²) in [5, 5.41) is 0. The minimum Gasteiger partial charge on any atom is -0.298 e. The van der Waals surface area contributed by atoms with Crippen LogP contribution in [0.4, 0.5) is 0 Å². The maximum absolute atomic E-state index is 4.30. The van der Waals surface area contributed by atoms with E-state index >= 15 is 0 Å². The molecule has 0 bridgehead atoms. The molecule has 2 rings (SSSR count). The molecule has 0 amide bonds. The van der Waals surface area contributed by atoms with Crippen LogP contribution in [0.3, 0.4) is 0 Å². The van der Waals surface area contributed by atoms with Gasteiger partial charge in [-0.2, -0.15) is 0 Å². The molecule has 88 valence electrons. The topological polar surface area (TPSA) is 29.0 Å². The summed E-state index contributed by atoms with van der Waals surface area (Å²) in [6.07, 6.45) is 5.96. The Hall–Kier alpha value is -0.960. The van der Waals surface area contributed by atoms with Crippen LogP contribution in [0.5, 0.6) is 0 Å². The molecule has 0 saturated carbocycles. The highest BCUT2D eigenvalue weighted by molar-refractivity contribution is 4.94. The van der Waals surface area contributed by atoms with Gasteiger partial charge in [-0.25, -0.2) is 9.97 Å². The minimum absolute atomic E-state index is 0.298. The van der Waals surface area contributed by atoms with Crippen LogP contribution in [0.25, 0.3) is 0 Å². The normalized spacial score (nSPS) is 22.6. The summed E-state index contributed by atoms with van der Waals surface area (Å²) in [5.74, 6) is 1.71. The van der Waals surface area contributed by atoms with E-state index in [9.17, 15) is 0 Å². The fourth-order valence-electron chi connectivity index (χ4n) is 2.30. The van der Waals surface area contributed by atoms with Crippen LogP contribution >= 0.6 is 0 Å². The predicted molar refractivity (Wildman–Crippen MR) is 65.2 cm³/mol. The van der Waals surface area contributed by atoms with Gasteiger partial charge in [0.05, 0.1) is 0 Å². The first-order chi connectivity index (χ1) is 7.55. The zero-order chi connectivity index (χ0) is 11.6. The van der Waals surface area contributed by atoms with Gasteiger partial charge in [0.2, 0.25) is 0 Å². The Bertz CT molecular complexity index is 329. The lowest BCUT2D eigenvalue weighted by molar-refractivity contribution is 0.168. The van der Waals surface area contributed by atoms with Crippen molar-refractivity contribution in [2.45, 2.75) is 39.2 Å². The van der Waals surface area contributed by atoms with Gasteiger partial charge in [-0.1, -0.05) is 0 Å². The summed E-state index contributed by atoms with van der Waals surface area (Å²) in [7, 11) is 0. The Morgan fingerprint density at radius 2 is 2.00 bits per heavy atom. The smallest absolute Gasteiger partial charge is 0.128 e. The van der Waals surface area contributed by atoms with E-state index in [1.54, 1.807) is 0 Å². The first kappa shape index (κ1) is 11.5. The fraction of sp³-hybridized carbons (Fsp3) is 0.692. The molecule has 0 spiro atoms. The SMILES string of the molecule is CC(C)(C)N1CCC(Cc2ncccn2)C1. The molecule has 0 radical (unpaired) electrons. The van der Waals surface area contributed by atoms with Crippen molar-refractivity contribution in [2.75, 3.05) is 13.1 Å². The molecule has 3 heteroatoms. The van der Waals surface area contributed by atoms with Crippen LogP contribution in [0.2, 0.25) is 0 Å². The highest BCUT2D eigenvalue weighted by Gasteiger charge is 2.30. The maximum atomic E-state index is 4.30. The third-order valence-corrected chi connectivity index (χ3v) is 3.33. The summed E-state index contributed by atoms with van der Waals surface area (Å²) in [4.78, 5) is 11.2. The van der Waals surface area contributed by atoms with E-state index in [1.807, 2.05) is 18.5 Å². The lowest BCUT2D eigenvalue weighted by atomic mass is 10.0. The molecule has 1 atom stereocenters. The number of hydrogen-bond donors (Lipinski definition) is 0. The molecule has 1 aromatic rings. The lowest BCUT2D eigenvalue weighted by Gasteiger charge is -2.31.